The zero-order valence-electron chi connectivity index (χ0n) is 10.5. The Hall–Kier alpha value is -2.04. The third-order valence-electron chi connectivity index (χ3n) is 2.07. The van der Waals surface area contributed by atoms with E-state index in [9.17, 15) is 9.59 Å². The molecule has 98 valence electrons. The second-order valence-corrected chi connectivity index (χ2v) is 4.16. The van der Waals surface area contributed by atoms with E-state index in [0.29, 0.717) is 5.75 Å². The van der Waals surface area contributed by atoms with Crippen molar-refractivity contribution in [3.05, 3.63) is 29.8 Å². The van der Waals surface area contributed by atoms with Crippen molar-refractivity contribution in [2.75, 3.05) is 6.54 Å². The van der Waals surface area contributed by atoms with Gasteiger partial charge in [-0.2, -0.15) is 0 Å². The molecule has 0 spiro atoms. The fraction of sp³-hybridized carbons (Fsp3) is 0.385. The fourth-order valence-corrected chi connectivity index (χ4v) is 1.42. The summed E-state index contributed by atoms with van der Waals surface area (Å²) < 4.78 is 5.51. The van der Waals surface area contributed by atoms with E-state index < -0.39 is 5.97 Å². The summed E-state index contributed by atoms with van der Waals surface area (Å²) in [5, 5.41) is 10.7. The minimum atomic E-state index is -1.06. The average Bonchev–Trinajstić information content (AvgIpc) is 2.26. The topological polar surface area (TPSA) is 75.6 Å². The van der Waals surface area contributed by atoms with Gasteiger partial charge in [0.1, 0.15) is 12.3 Å². The van der Waals surface area contributed by atoms with Gasteiger partial charge in [-0.1, -0.05) is 12.1 Å². The lowest BCUT2D eigenvalue weighted by molar-refractivity contribution is -0.137. The number of rotatable bonds is 6. The molecule has 0 saturated carbocycles. The van der Waals surface area contributed by atoms with Crippen LogP contribution in [0.3, 0.4) is 0 Å². The van der Waals surface area contributed by atoms with Gasteiger partial charge in [-0.3, -0.25) is 9.59 Å². The quantitative estimate of drug-likeness (QED) is 0.797. The highest BCUT2D eigenvalue weighted by Crippen LogP contribution is 2.15. The number of benzene rings is 1. The fourth-order valence-electron chi connectivity index (χ4n) is 1.42. The van der Waals surface area contributed by atoms with E-state index in [-0.39, 0.29) is 25.0 Å². The maximum absolute atomic E-state index is 11.4. The summed E-state index contributed by atoms with van der Waals surface area (Å²) in [6, 6.07) is 7.20. The number of carboxylic acids is 1. The average molecular weight is 251 g/mol. The smallest absolute Gasteiger partial charge is 0.322 e. The Labute approximate surface area is 106 Å². The van der Waals surface area contributed by atoms with E-state index in [4.69, 9.17) is 9.84 Å². The molecule has 1 rings (SSSR count). The van der Waals surface area contributed by atoms with Crippen LogP contribution in [0.15, 0.2) is 24.3 Å². The molecule has 1 amide bonds. The number of carbonyl (C=O) groups excluding carboxylic acids is 1. The summed E-state index contributed by atoms with van der Waals surface area (Å²) in [5.41, 5.74) is 0.788. The SMILES string of the molecule is CC(C)Oc1cccc(CC(=O)NCC(=O)O)c1. The van der Waals surface area contributed by atoms with Gasteiger partial charge in [0.05, 0.1) is 12.5 Å². The predicted molar refractivity (Wildman–Crippen MR) is 66.6 cm³/mol. The first-order valence-electron chi connectivity index (χ1n) is 5.71. The van der Waals surface area contributed by atoms with Crippen molar-refractivity contribution in [3.63, 3.8) is 0 Å². The van der Waals surface area contributed by atoms with Crippen molar-refractivity contribution in [1.29, 1.82) is 0 Å². The first kappa shape index (κ1) is 14.0. The Bertz CT molecular complexity index is 429. The number of carboxylic acid groups (broad SMARTS) is 1. The Morgan fingerprint density at radius 3 is 2.72 bits per heavy atom. The Kier molecular flexibility index (Phi) is 5.17. The van der Waals surface area contributed by atoms with E-state index in [2.05, 4.69) is 5.32 Å². The molecule has 1 aromatic carbocycles. The van der Waals surface area contributed by atoms with Crippen LogP contribution >= 0.6 is 0 Å². The summed E-state index contributed by atoms with van der Waals surface area (Å²) in [6.45, 7) is 3.49. The second kappa shape index (κ2) is 6.64. The number of ether oxygens (including phenoxy) is 1. The molecule has 0 aliphatic rings. The molecule has 2 N–H and O–H groups in total. The number of hydrogen-bond acceptors (Lipinski definition) is 3. The minimum Gasteiger partial charge on any atom is -0.491 e. The largest absolute Gasteiger partial charge is 0.491 e. The highest BCUT2D eigenvalue weighted by Gasteiger charge is 2.06. The Balaban J connectivity index is 2.56. The standard InChI is InChI=1S/C13H17NO4/c1-9(2)18-11-5-3-4-10(6-11)7-12(15)14-8-13(16)17/h3-6,9H,7-8H2,1-2H3,(H,14,15)(H,16,17). The molecule has 0 aliphatic carbocycles. The van der Waals surface area contributed by atoms with Gasteiger partial charge < -0.3 is 15.2 Å². The summed E-state index contributed by atoms with van der Waals surface area (Å²) in [4.78, 5) is 21.7. The van der Waals surface area contributed by atoms with Crippen LogP contribution in [0, 0.1) is 0 Å². The molecule has 0 unspecified atom stereocenters. The van der Waals surface area contributed by atoms with Crippen LogP contribution in [0.1, 0.15) is 19.4 Å². The third kappa shape index (κ3) is 5.34. The molecule has 0 bridgehead atoms. The van der Waals surface area contributed by atoms with Gasteiger partial charge in [0, 0.05) is 0 Å². The van der Waals surface area contributed by atoms with Crippen LogP contribution < -0.4 is 10.1 Å². The monoisotopic (exact) mass is 251 g/mol. The van der Waals surface area contributed by atoms with Gasteiger partial charge in [-0.15, -0.1) is 0 Å². The lowest BCUT2D eigenvalue weighted by atomic mass is 10.1. The molecule has 18 heavy (non-hydrogen) atoms. The van der Waals surface area contributed by atoms with E-state index in [1.54, 1.807) is 18.2 Å². The summed E-state index contributed by atoms with van der Waals surface area (Å²) >= 11 is 0. The molecule has 5 heteroatoms. The molecule has 1 aromatic rings. The van der Waals surface area contributed by atoms with Gasteiger partial charge in [0.2, 0.25) is 5.91 Å². The Morgan fingerprint density at radius 2 is 2.11 bits per heavy atom. The van der Waals surface area contributed by atoms with Crippen molar-refractivity contribution < 1.29 is 19.4 Å². The molecule has 0 saturated heterocycles. The van der Waals surface area contributed by atoms with Crippen molar-refractivity contribution in [2.24, 2.45) is 0 Å². The number of nitrogens with one attached hydrogen (secondary N) is 1. The predicted octanol–water partition coefficient (Wildman–Crippen LogP) is 1.22. The normalized spacial score (nSPS) is 10.2. The lowest BCUT2D eigenvalue weighted by Gasteiger charge is -2.10. The third-order valence-corrected chi connectivity index (χ3v) is 2.07. The number of aliphatic carboxylic acids is 1. The summed E-state index contributed by atoms with van der Waals surface area (Å²) in [5.74, 6) is -0.673. The number of amides is 1. The lowest BCUT2D eigenvalue weighted by Crippen LogP contribution is -2.30. The number of carbonyl (C=O) groups is 2. The zero-order chi connectivity index (χ0) is 13.5. The highest BCUT2D eigenvalue weighted by molar-refractivity contribution is 5.82. The van der Waals surface area contributed by atoms with Gasteiger partial charge in [-0.05, 0) is 31.5 Å². The Morgan fingerprint density at radius 1 is 1.39 bits per heavy atom. The molecule has 0 aliphatic heterocycles. The first-order chi connectivity index (χ1) is 8.47. The molecule has 5 nitrogen and oxygen atoms in total. The van der Waals surface area contributed by atoms with Crippen molar-refractivity contribution in [1.82, 2.24) is 5.32 Å². The second-order valence-electron chi connectivity index (χ2n) is 4.16. The maximum Gasteiger partial charge on any atom is 0.322 e. The van der Waals surface area contributed by atoms with E-state index in [1.807, 2.05) is 19.9 Å². The van der Waals surface area contributed by atoms with Crippen LogP contribution in [-0.2, 0) is 16.0 Å². The number of hydrogen-bond donors (Lipinski definition) is 2. The van der Waals surface area contributed by atoms with Gasteiger partial charge in [0.25, 0.3) is 0 Å². The van der Waals surface area contributed by atoms with E-state index in [1.165, 1.54) is 0 Å². The van der Waals surface area contributed by atoms with Crippen molar-refractivity contribution in [2.45, 2.75) is 26.4 Å². The van der Waals surface area contributed by atoms with Crippen LogP contribution in [-0.4, -0.2) is 29.6 Å². The van der Waals surface area contributed by atoms with E-state index in [0.717, 1.165) is 5.56 Å². The molecular weight excluding hydrogens is 234 g/mol. The van der Waals surface area contributed by atoms with Gasteiger partial charge >= 0.3 is 5.97 Å². The minimum absolute atomic E-state index is 0.0705. The highest BCUT2D eigenvalue weighted by atomic mass is 16.5. The molecule has 0 aromatic heterocycles. The van der Waals surface area contributed by atoms with Crippen molar-refractivity contribution in [3.8, 4) is 5.75 Å². The van der Waals surface area contributed by atoms with Crippen molar-refractivity contribution >= 4 is 11.9 Å². The molecule has 0 fully saturated rings. The summed E-state index contributed by atoms with van der Waals surface area (Å²) in [6.07, 6.45) is 0.212. The van der Waals surface area contributed by atoms with Crippen LogP contribution in [0.25, 0.3) is 0 Å². The van der Waals surface area contributed by atoms with E-state index >= 15 is 0 Å². The molecule has 0 atom stereocenters. The van der Waals surface area contributed by atoms with Gasteiger partial charge in [-0.25, -0.2) is 0 Å². The maximum atomic E-state index is 11.4. The van der Waals surface area contributed by atoms with Gasteiger partial charge in [0.15, 0.2) is 0 Å². The van der Waals surface area contributed by atoms with Crippen LogP contribution in [0.4, 0.5) is 0 Å². The first-order valence-corrected chi connectivity index (χ1v) is 5.71. The van der Waals surface area contributed by atoms with Crippen LogP contribution in [0.2, 0.25) is 0 Å². The molecule has 0 radical (unpaired) electrons. The molecule has 0 heterocycles. The zero-order valence-corrected chi connectivity index (χ0v) is 10.5. The summed E-state index contributed by atoms with van der Waals surface area (Å²) in [7, 11) is 0. The molecular formula is C13H17NO4. The van der Waals surface area contributed by atoms with Crippen LogP contribution in [0.5, 0.6) is 5.75 Å².